The molecule has 0 radical (unpaired) electrons. The first-order chi connectivity index (χ1) is 19.0. The zero-order valence-corrected chi connectivity index (χ0v) is 22.7. The van der Waals surface area contributed by atoms with Crippen molar-refractivity contribution in [2.75, 3.05) is 17.2 Å². The summed E-state index contributed by atoms with van der Waals surface area (Å²) in [6.07, 6.45) is 5.93. The maximum atomic E-state index is 13.2. The number of ketones is 1. The Kier molecular flexibility index (Phi) is 6.89. The van der Waals surface area contributed by atoms with Crippen molar-refractivity contribution >= 4 is 39.9 Å². The zero-order chi connectivity index (χ0) is 26.9. The molecule has 1 aliphatic carbocycles. The number of rotatable bonds is 5. The number of nitrogens with two attached hydrogens (primary N) is 1. The average Bonchev–Trinajstić information content (AvgIpc) is 3.44. The van der Waals surface area contributed by atoms with Gasteiger partial charge in [0.15, 0.2) is 10.1 Å². The van der Waals surface area contributed by atoms with E-state index in [1.54, 1.807) is 23.4 Å². The van der Waals surface area contributed by atoms with Crippen LogP contribution in [-0.4, -0.2) is 44.1 Å². The monoisotopic (exact) mass is 555 g/mol. The molecule has 11 heteroatoms. The topological polar surface area (TPSA) is 129 Å². The summed E-state index contributed by atoms with van der Waals surface area (Å²) in [6.45, 7) is 1.32. The molecule has 2 aliphatic heterocycles. The van der Waals surface area contributed by atoms with E-state index >= 15 is 0 Å². The molecule has 4 heterocycles. The van der Waals surface area contributed by atoms with Crippen molar-refractivity contribution < 1.29 is 9.59 Å². The van der Waals surface area contributed by atoms with Gasteiger partial charge in [-0.15, -0.1) is 10.2 Å². The Balaban J connectivity index is 1.24. The highest BCUT2D eigenvalue weighted by Crippen LogP contribution is 2.47. The van der Waals surface area contributed by atoms with Gasteiger partial charge in [-0.2, -0.15) is 5.26 Å². The van der Waals surface area contributed by atoms with E-state index < -0.39 is 5.92 Å². The van der Waals surface area contributed by atoms with E-state index in [-0.39, 0.29) is 23.3 Å². The summed E-state index contributed by atoms with van der Waals surface area (Å²) in [6, 6.07) is 14.1. The van der Waals surface area contributed by atoms with E-state index in [0.717, 1.165) is 17.7 Å². The number of carbonyl (C=O) groups is 2. The van der Waals surface area contributed by atoms with Gasteiger partial charge < -0.3 is 10.6 Å². The van der Waals surface area contributed by atoms with Gasteiger partial charge in [-0.05, 0) is 42.0 Å². The number of aromatic nitrogens is 3. The van der Waals surface area contributed by atoms with Crippen LogP contribution in [0.4, 0.5) is 5.13 Å². The van der Waals surface area contributed by atoms with Crippen molar-refractivity contribution in [3.05, 3.63) is 88.1 Å². The largest absolute Gasteiger partial charge is 0.384 e. The van der Waals surface area contributed by atoms with Gasteiger partial charge >= 0.3 is 0 Å². The van der Waals surface area contributed by atoms with Gasteiger partial charge in [-0.3, -0.25) is 19.5 Å². The highest BCUT2D eigenvalue weighted by molar-refractivity contribution is 8.01. The molecule has 196 valence electrons. The van der Waals surface area contributed by atoms with E-state index in [1.165, 1.54) is 34.2 Å². The Morgan fingerprint density at radius 2 is 2.00 bits per heavy atom. The second-order valence-electron chi connectivity index (χ2n) is 9.58. The van der Waals surface area contributed by atoms with Crippen molar-refractivity contribution in [3.8, 4) is 6.07 Å². The molecule has 3 aliphatic rings. The Hall–Kier alpha value is -4.01. The molecule has 9 nitrogen and oxygen atoms in total. The molecule has 1 unspecified atom stereocenters. The fourth-order valence-electron chi connectivity index (χ4n) is 5.46. The maximum Gasteiger partial charge on any atom is 0.233 e. The molecular formula is C28H25N7O2S2. The van der Waals surface area contributed by atoms with Gasteiger partial charge in [0.05, 0.1) is 23.3 Å². The van der Waals surface area contributed by atoms with E-state index in [0.29, 0.717) is 53.0 Å². The molecule has 6 rings (SSSR count). The van der Waals surface area contributed by atoms with Crippen LogP contribution in [0.2, 0.25) is 0 Å². The van der Waals surface area contributed by atoms with Crippen LogP contribution >= 0.6 is 23.1 Å². The number of benzene rings is 1. The van der Waals surface area contributed by atoms with Crippen LogP contribution in [0.15, 0.2) is 75.8 Å². The maximum absolute atomic E-state index is 13.2. The minimum Gasteiger partial charge on any atom is -0.384 e. The normalized spacial score (nSPS) is 19.1. The third-order valence-electron chi connectivity index (χ3n) is 7.32. The highest BCUT2D eigenvalue weighted by atomic mass is 32.2. The van der Waals surface area contributed by atoms with Crippen LogP contribution in [0.3, 0.4) is 0 Å². The van der Waals surface area contributed by atoms with Crippen LogP contribution in [0.1, 0.15) is 41.9 Å². The van der Waals surface area contributed by atoms with Gasteiger partial charge in [-0.1, -0.05) is 53.4 Å². The average molecular weight is 556 g/mol. The first-order valence-corrected chi connectivity index (χ1v) is 14.5. The summed E-state index contributed by atoms with van der Waals surface area (Å²) in [5.41, 5.74) is 11.5. The molecule has 3 aromatic rings. The van der Waals surface area contributed by atoms with Gasteiger partial charge in [0.25, 0.3) is 0 Å². The Labute approximate surface area is 234 Å². The highest BCUT2D eigenvalue weighted by Gasteiger charge is 2.41. The van der Waals surface area contributed by atoms with Gasteiger partial charge in [0.2, 0.25) is 11.0 Å². The first kappa shape index (κ1) is 25.3. The molecule has 0 saturated carbocycles. The standard InChI is InChI=1S/C28H25N7O2S2/c29-13-20-24(18-7-4-11-31-14-18)25-21(8-3-9-22(25)36)35(26(20)30)27-32-33-28(39-27)38-16-23(37)34-12-10-17-5-1-2-6-19(17)15-34/h1-2,4-7,11,14,24H,3,8-10,12,15-16,30H2. The number of carbonyl (C=O) groups excluding carboxylic acids is 2. The number of nitrogens with zero attached hydrogens (tertiary/aromatic N) is 6. The molecule has 2 N–H and O–H groups in total. The lowest BCUT2D eigenvalue weighted by Crippen LogP contribution is -2.38. The Bertz CT molecular complexity index is 1560. The number of pyridine rings is 1. The van der Waals surface area contributed by atoms with E-state index in [1.807, 2.05) is 23.1 Å². The molecule has 0 fully saturated rings. The molecule has 39 heavy (non-hydrogen) atoms. The Morgan fingerprint density at radius 1 is 1.15 bits per heavy atom. The molecule has 0 bridgehead atoms. The third-order valence-corrected chi connectivity index (χ3v) is 9.35. The number of hydrogen-bond donors (Lipinski definition) is 1. The fourth-order valence-corrected chi connectivity index (χ4v) is 7.24. The Morgan fingerprint density at radius 3 is 2.79 bits per heavy atom. The van der Waals surface area contributed by atoms with Crippen LogP contribution in [0, 0.1) is 11.3 Å². The van der Waals surface area contributed by atoms with Gasteiger partial charge in [0, 0.05) is 43.2 Å². The molecule has 1 aromatic carbocycles. The lowest BCUT2D eigenvalue weighted by Gasteiger charge is -2.37. The summed E-state index contributed by atoms with van der Waals surface area (Å²) in [5, 5.41) is 19.3. The van der Waals surface area contributed by atoms with Crippen molar-refractivity contribution in [2.24, 2.45) is 5.73 Å². The summed E-state index contributed by atoms with van der Waals surface area (Å²) < 4.78 is 0.626. The number of fused-ring (bicyclic) bond motifs is 1. The van der Waals surface area contributed by atoms with Gasteiger partial charge in [0.1, 0.15) is 5.82 Å². The number of anilines is 1. The van der Waals surface area contributed by atoms with E-state index in [9.17, 15) is 14.9 Å². The minimum absolute atomic E-state index is 0.00293. The molecule has 1 amide bonds. The summed E-state index contributed by atoms with van der Waals surface area (Å²) >= 11 is 2.64. The zero-order valence-electron chi connectivity index (χ0n) is 21.0. The lowest BCUT2D eigenvalue weighted by molar-refractivity contribution is -0.129. The number of amides is 1. The second kappa shape index (κ2) is 10.6. The number of allylic oxidation sites excluding steroid dienone is 3. The van der Waals surface area contributed by atoms with Crippen LogP contribution < -0.4 is 10.6 Å². The fraction of sp³-hybridized carbons (Fsp3) is 0.286. The number of nitriles is 1. The van der Waals surface area contributed by atoms with Crippen LogP contribution in [-0.2, 0) is 22.6 Å². The molecule has 1 atom stereocenters. The lowest BCUT2D eigenvalue weighted by atomic mass is 9.76. The predicted molar refractivity (Wildman–Crippen MR) is 148 cm³/mol. The summed E-state index contributed by atoms with van der Waals surface area (Å²) in [7, 11) is 0. The summed E-state index contributed by atoms with van der Waals surface area (Å²) in [4.78, 5) is 34.0. The van der Waals surface area contributed by atoms with Gasteiger partial charge in [-0.25, -0.2) is 0 Å². The first-order valence-electron chi connectivity index (χ1n) is 12.7. The van der Waals surface area contributed by atoms with E-state index in [4.69, 9.17) is 5.73 Å². The second-order valence-corrected chi connectivity index (χ2v) is 11.8. The molecule has 0 saturated heterocycles. The van der Waals surface area contributed by atoms with Crippen LogP contribution in [0.25, 0.3) is 0 Å². The molecule has 2 aromatic heterocycles. The van der Waals surface area contributed by atoms with Crippen molar-refractivity contribution in [1.29, 1.82) is 5.26 Å². The summed E-state index contributed by atoms with van der Waals surface area (Å²) in [5.74, 6) is -0.00529. The van der Waals surface area contributed by atoms with Crippen molar-refractivity contribution in [1.82, 2.24) is 20.1 Å². The van der Waals surface area contributed by atoms with E-state index in [2.05, 4.69) is 33.4 Å². The molecule has 0 spiro atoms. The number of Topliss-reactive ketones (excluding diaryl/α,β-unsaturated/α-hetero) is 1. The van der Waals surface area contributed by atoms with Crippen molar-refractivity contribution in [3.63, 3.8) is 0 Å². The van der Waals surface area contributed by atoms with Crippen molar-refractivity contribution in [2.45, 2.75) is 42.5 Å². The quantitative estimate of drug-likeness (QED) is 0.466. The van der Waals surface area contributed by atoms with Crippen LogP contribution in [0.5, 0.6) is 0 Å². The number of thioether (sulfide) groups is 1. The number of hydrogen-bond acceptors (Lipinski definition) is 10. The molecular weight excluding hydrogens is 530 g/mol. The SMILES string of the molecule is N#CC1=C(N)N(c2nnc(SCC(=O)N3CCc4ccccc4C3)s2)C2=C(C(=O)CCC2)C1c1cccnc1. The smallest absolute Gasteiger partial charge is 0.233 e. The predicted octanol–water partition coefficient (Wildman–Crippen LogP) is 3.91. The third kappa shape index (κ3) is 4.70. The minimum atomic E-state index is -0.559.